The van der Waals surface area contributed by atoms with Crippen molar-refractivity contribution in [2.45, 2.75) is 335 Å². The van der Waals surface area contributed by atoms with Crippen LogP contribution in [0.1, 0.15) is 34.6 Å². The van der Waals surface area contributed by atoms with Crippen molar-refractivity contribution in [1.82, 2.24) is 16.0 Å². The molecule has 0 aromatic carbocycles. The van der Waals surface area contributed by atoms with E-state index in [0.29, 0.717) is 0 Å². The van der Waals surface area contributed by atoms with Crippen LogP contribution in [0.5, 0.6) is 0 Å². The van der Waals surface area contributed by atoms with Crippen LogP contribution >= 0.6 is 0 Å². The number of aliphatic hydroxyl groups is 26. The number of hydrogen-bond donors (Lipinski definition) is 29. The molecule has 0 unspecified atom stereocenters. The van der Waals surface area contributed by atoms with E-state index >= 15 is 0 Å². The minimum Gasteiger partial charge on any atom is -0.394 e. The monoisotopic (exact) mass is 1700 g/mol. The first-order valence-corrected chi connectivity index (χ1v) is 37.3. The minimum atomic E-state index is -2.53. The molecule has 0 aromatic heterocycles. The molecule has 49 atom stereocenters. The quantitative estimate of drug-likeness (QED) is 0.0346. The predicted molar refractivity (Wildman–Crippen MR) is 356 cm³/mol. The van der Waals surface area contributed by atoms with Gasteiger partial charge in [-0.05, 0) is 13.8 Å². The van der Waals surface area contributed by atoms with Gasteiger partial charge in [-0.25, -0.2) is 0 Å². The highest BCUT2D eigenvalue weighted by molar-refractivity contribution is 5.74. The number of hydrogen-bond acceptors (Lipinski definition) is 48. The first kappa shape index (κ1) is 94.9. The van der Waals surface area contributed by atoms with Crippen LogP contribution in [0.4, 0.5) is 0 Å². The first-order chi connectivity index (χ1) is 54.8. The second-order valence-corrected chi connectivity index (χ2v) is 29.8. The Labute approximate surface area is 657 Å². The van der Waals surface area contributed by atoms with E-state index in [4.69, 9.17) is 90.0 Å². The average Bonchev–Trinajstić information content (AvgIpc) is 0.759. The highest BCUT2D eigenvalue weighted by atomic mass is 16.8. The third-order valence-electron chi connectivity index (χ3n) is 21.6. The maximum absolute atomic E-state index is 13.4. The van der Waals surface area contributed by atoms with Crippen molar-refractivity contribution in [3.63, 3.8) is 0 Å². The van der Waals surface area contributed by atoms with Crippen LogP contribution in [-0.4, -0.2) is 504 Å². The number of aliphatic hydroxyl groups excluding tert-OH is 26. The van der Waals surface area contributed by atoms with E-state index in [9.17, 15) is 147 Å². The molecule has 0 radical (unpaired) electrons. The zero-order chi connectivity index (χ0) is 85.2. The van der Waals surface area contributed by atoms with E-state index in [2.05, 4.69) is 16.0 Å². The van der Waals surface area contributed by atoms with Crippen molar-refractivity contribution in [2.75, 3.05) is 52.9 Å². The van der Waals surface area contributed by atoms with Gasteiger partial charge in [-0.15, -0.1) is 0 Å². The standard InChI is InChI=1S/C65H109N3O48/c1-14-30(78)39(87)45(93)59(101-14)100-13-26-50(110-63-48(96)42(90)34(82)21(7-70)105-63)38(86)28(67-17(4)75)58(109-26)115-54-43(91)35(83)22(8-71)106-64(54)114-53-36(84)25(12-99-60-46(94)41(89)33(81)20(6-69)104-60)108-65(55(53)116-61-44(92)32(80)19(77)11-98-61)111-49-23(9-72)107-57(27(37(49)85)66-16(3)74)112-51-24(10-73)103-56(97)29(68-18(5)76)52(51)113-62-47(95)40(88)31(79)15(2)102-62/h14-15,19-65,69-73,77-97H,6-13H2,1-5H3,(H,66,74)(H,67,75)(H,68,76)/t14-,15-,19+,20+,21+,22+,23+,24+,25+,26+,27+,28+,29+,30+,31+,32-,33+,34-,35+,36+,37+,38+,39+,40+,41-,42-,43-,44+,45-,46-,47-,48+,49+,50+,51+,52+,53-,54-,55-,56+,57-,58-,59+,60-,61-,62-,63-,64+,65-/m0/s1. The summed E-state index contributed by atoms with van der Waals surface area (Å²) in [7, 11) is 0. The molecule has 51 nitrogen and oxygen atoms in total. The molecule has 0 saturated carbocycles. The smallest absolute Gasteiger partial charge is 0.217 e. The lowest BCUT2D eigenvalue weighted by Crippen LogP contribution is -2.72. The van der Waals surface area contributed by atoms with Crippen LogP contribution in [0.2, 0.25) is 0 Å². The van der Waals surface area contributed by atoms with Crippen molar-refractivity contribution < 1.29 is 237 Å². The zero-order valence-corrected chi connectivity index (χ0v) is 62.6. The Morgan fingerprint density at radius 2 is 0.612 bits per heavy atom. The average molecular weight is 1700 g/mol. The van der Waals surface area contributed by atoms with E-state index in [-0.39, 0.29) is 0 Å². The van der Waals surface area contributed by atoms with Gasteiger partial charge in [0.15, 0.2) is 62.9 Å². The lowest BCUT2D eigenvalue weighted by Gasteiger charge is -2.52. The molecule has 672 valence electrons. The number of carbonyl (C=O) groups is 3. The van der Waals surface area contributed by atoms with Crippen LogP contribution < -0.4 is 16.0 Å². The second-order valence-electron chi connectivity index (χ2n) is 29.8. The third kappa shape index (κ3) is 20.7. The van der Waals surface area contributed by atoms with Crippen LogP contribution in [0.3, 0.4) is 0 Å². The van der Waals surface area contributed by atoms with Crippen LogP contribution in [0.25, 0.3) is 0 Å². The van der Waals surface area contributed by atoms with E-state index in [0.717, 1.165) is 20.8 Å². The summed E-state index contributed by atoms with van der Waals surface area (Å²) in [6, 6.07) is -5.90. The Morgan fingerprint density at radius 1 is 0.276 bits per heavy atom. The fourth-order valence-corrected chi connectivity index (χ4v) is 15.0. The molecule has 0 aliphatic carbocycles. The summed E-state index contributed by atoms with van der Waals surface area (Å²) in [5.74, 6) is -2.88. The zero-order valence-electron chi connectivity index (χ0n) is 62.6. The van der Waals surface area contributed by atoms with Gasteiger partial charge in [-0.2, -0.15) is 0 Å². The van der Waals surface area contributed by atoms with Crippen molar-refractivity contribution in [3.05, 3.63) is 0 Å². The van der Waals surface area contributed by atoms with Crippen molar-refractivity contribution in [3.8, 4) is 0 Å². The molecule has 10 aliphatic rings. The molecule has 29 N–H and O–H groups in total. The number of rotatable bonds is 28. The van der Waals surface area contributed by atoms with Gasteiger partial charge in [0.1, 0.15) is 226 Å². The molecule has 10 heterocycles. The number of amides is 3. The predicted octanol–water partition coefficient (Wildman–Crippen LogP) is -19.7. The SMILES string of the molecule is CC(=O)N[C@@H]1[C@@H](O[C@@H]2O[C@@H](C)[C@@H](O)[C@@H](O)[C@@H]2O)[C@H](O[C@@H]2O[C@H](CO)[C@@H](O[C@@H]3O[C@H](CO[C@H]4O[C@H](CO)[C@@H](O)[C@H](O)[C@@H]4O)[C@@H](O)[C@H](O[C@H]4O[C@H](CO)[C@@H](O)[C@H](O)[C@@H]4O[C@@H]4O[C@H](CO[C@@H]5O[C@@H](C)[C@@H](O)[C@@H](O)[C@@H]5O)[C@@H](O[C@@H]5O[C@H](CO)[C@H](O)[C@H](O)[C@H]5O)[C@H](O)[C@H]4NC(C)=O)[C@@H]3O[C@@H]3OC[C@@H](O)[C@H](O)[C@H]3O)[C@H](O)[C@H]2NC(C)=O)[C@@H](CO)O[C@H]1O. The summed E-state index contributed by atoms with van der Waals surface area (Å²) >= 11 is 0. The molecule has 10 fully saturated rings. The molecular weight excluding hydrogens is 1590 g/mol. The summed E-state index contributed by atoms with van der Waals surface area (Å²) in [5.41, 5.74) is 0. The van der Waals surface area contributed by atoms with Gasteiger partial charge in [0.2, 0.25) is 17.7 Å². The van der Waals surface area contributed by atoms with E-state index in [1.165, 1.54) is 13.8 Å². The van der Waals surface area contributed by atoms with Gasteiger partial charge >= 0.3 is 0 Å². The molecule has 0 bridgehead atoms. The van der Waals surface area contributed by atoms with Gasteiger partial charge in [-0.3, -0.25) is 14.4 Å². The Balaban J connectivity index is 1.04. The molecule has 0 spiro atoms. The Bertz CT molecular complexity index is 3080. The molecule has 3 amide bonds. The first-order valence-electron chi connectivity index (χ1n) is 37.3. The Morgan fingerprint density at radius 3 is 1.13 bits per heavy atom. The molecule has 10 saturated heterocycles. The molecule has 10 rings (SSSR count). The molecular formula is C65H109N3O48. The summed E-state index contributed by atoms with van der Waals surface area (Å²) in [6.07, 6.45) is -95.7. The molecule has 116 heavy (non-hydrogen) atoms. The van der Waals surface area contributed by atoms with Crippen molar-refractivity contribution in [1.29, 1.82) is 0 Å². The van der Waals surface area contributed by atoms with Gasteiger partial charge in [0.05, 0.1) is 65.1 Å². The molecule has 51 heteroatoms. The topological polar surface area (TPSA) is 789 Å². The fraction of sp³-hybridized carbons (Fsp3) is 0.954. The summed E-state index contributed by atoms with van der Waals surface area (Å²) in [6.45, 7) is -3.30. The van der Waals surface area contributed by atoms with Crippen molar-refractivity contribution >= 4 is 17.7 Å². The highest BCUT2D eigenvalue weighted by Crippen LogP contribution is 2.41. The van der Waals surface area contributed by atoms with Crippen molar-refractivity contribution in [2.24, 2.45) is 0 Å². The maximum atomic E-state index is 13.4. The number of ether oxygens (including phenoxy) is 19. The lowest BCUT2D eigenvalue weighted by molar-refractivity contribution is -0.412. The van der Waals surface area contributed by atoms with E-state index in [1.54, 1.807) is 0 Å². The molecule has 10 aliphatic heterocycles. The highest BCUT2D eigenvalue weighted by Gasteiger charge is 2.62. The van der Waals surface area contributed by atoms with E-state index < -0.39 is 371 Å². The summed E-state index contributed by atoms with van der Waals surface area (Å²) in [5, 5.41) is 297. The summed E-state index contributed by atoms with van der Waals surface area (Å²) < 4.78 is 115. The lowest BCUT2D eigenvalue weighted by atomic mass is 9.93. The largest absolute Gasteiger partial charge is 0.394 e. The van der Waals surface area contributed by atoms with Crippen LogP contribution in [0, 0.1) is 0 Å². The summed E-state index contributed by atoms with van der Waals surface area (Å²) in [4.78, 5) is 39.4. The normalized spacial score (nSPS) is 51.1. The fourth-order valence-electron chi connectivity index (χ4n) is 15.0. The maximum Gasteiger partial charge on any atom is 0.217 e. The van der Waals surface area contributed by atoms with E-state index in [1.807, 2.05) is 0 Å². The van der Waals surface area contributed by atoms with Gasteiger partial charge < -0.3 is 239 Å². The van der Waals surface area contributed by atoms with Gasteiger partial charge in [-0.1, -0.05) is 0 Å². The second kappa shape index (κ2) is 40.9. The van der Waals surface area contributed by atoms with Crippen LogP contribution in [-0.2, 0) is 104 Å². The van der Waals surface area contributed by atoms with Gasteiger partial charge in [0.25, 0.3) is 0 Å². The minimum absolute atomic E-state index is 0.861. The third-order valence-corrected chi connectivity index (χ3v) is 21.6. The molecule has 0 aromatic rings. The number of nitrogens with one attached hydrogen (secondary N) is 3. The van der Waals surface area contributed by atoms with Crippen LogP contribution in [0.15, 0.2) is 0 Å². The van der Waals surface area contributed by atoms with Gasteiger partial charge in [0, 0.05) is 20.8 Å². The Hall–Kier alpha value is -3.39. The number of carbonyl (C=O) groups excluding carboxylic acids is 3. The Kier molecular flexibility index (Phi) is 33.5.